The summed E-state index contributed by atoms with van der Waals surface area (Å²) in [5, 5.41) is 10.3. The summed E-state index contributed by atoms with van der Waals surface area (Å²) in [6.07, 6.45) is 1.52. The van der Waals surface area contributed by atoms with E-state index in [2.05, 4.69) is 4.98 Å². The molecule has 0 atom stereocenters. The number of hydrogen-bond acceptors (Lipinski definition) is 4. The van der Waals surface area contributed by atoms with Gasteiger partial charge in [-0.25, -0.2) is 8.42 Å². The average molecular weight is 328 g/mol. The lowest BCUT2D eigenvalue weighted by molar-refractivity contribution is 0.480. The third-order valence-corrected chi connectivity index (χ3v) is 5.59. The standard InChI is InChI=1S/C17H16N2O3S/c1-12-5-7-13(8-6-12)19(2)23(21,22)16-10-9-15(20)17-14(16)4-3-11-18-17/h3-11,20H,1-2H3. The Morgan fingerprint density at radius 1 is 1.04 bits per heavy atom. The predicted octanol–water partition coefficient (Wildman–Crippen LogP) is 3.07. The van der Waals surface area contributed by atoms with Gasteiger partial charge in [-0.1, -0.05) is 17.7 Å². The molecule has 0 bridgehead atoms. The highest BCUT2D eigenvalue weighted by Gasteiger charge is 2.24. The maximum absolute atomic E-state index is 13.0. The minimum absolute atomic E-state index is 0.0439. The number of pyridine rings is 1. The number of phenolic OH excluding ortho intramolecular Hbond substituents is 1. The number of benzene rings is 2. The zero-order valence-corrected chi connectivity index (χ0v) is 13.6. The molecule has 6 heteroatoms. The number of nitrogens with zero attached hydrogens (tertiary/aromatic N) is 2. The van der Waals surface area contributed by atoms with Crippen molar-refractivity contribution in [1.82, 2.24) is 4.98 Å². The normalized spacial score (nSPS) is 11.6. The molecule has 0 amide bonds. The Balaban J connectivity index is 2.17. The molecule has 0 spiro atoms. The van der Waals surface area contributed by atoms with E-state index in [0.717, 1.165) is 5.56 Å². The molecule has 5 nitrogen and oxygen atoms in total. The van der Waals surface area contributed by atoms with E-state index in [9.17, 15) is 13.5 Å². The van der Waals surface area contributed by atoms with E-state index in [1.54, 1.807) is 24.3 Å². The second kappa shape index (κ2) is 5.55. The topological polar surface area (TPSA) is 70.5 Å². The molecule has 1 N–H and O–H groups in total. The molecule has 2 aromatic carbocycles. The Kier molecular flexibility index (Phi) is 3.69. The van der Waals surface area contributed by atoms with Crippen LogP contribution in [0.2, 0.25) is 0 Å². The Hall–Kier alpha value is -2.60. The van der Waals surface area contributed by atoms with Crippen LogP contribution in [0.1, 0.15) is 5.56 Å². The summed E-state index contributed by atoms with van der Waals surface area (Å²) in [4.78, 5) is 4.18. The molecule has 1 heterocycles. The van der Waals surface area contributed by atoms with Crippen LogP contribution < -0.4 is 4.31 Å². The van der Waals surface area contributed by atoms with Crippen LogP contribution in [-0.4, -0.2) is 25.6 Å². The molecule has 0 saturated heterocycles. The zero-order valence-electron chi connectivity index (χ0n) is 12.8. The van der Waals surface area contributed by atoms with Crippen molar-refractivity contribution in [3.05, 3.63) is 60.3 Å². The van der Waals surface area contributed by atoms with Crippen molar-refractivity contribution in [2.24, 2.45) is 0 Å². The first-order valence-electron chi connectivity index (χ1n) is 7.03. The highest BCUT2D eigenvalue weighted by molar-refractivity contribution is 7.93. The van der Waals surface area contributed by atoms with Crippen LogP contribution in [0.5, 0.6) is 5.75 Å². The lowest BCUT2D eigenvalue weighted by atomic mass is 10.2. The number of fused-ring (bicyclic) bond motifs is 1. The number of hydrogen-bond donors (Lipinski definition) is 1. The van der Waals surface area contributed by atoms with Crippen LogP contribution in [-0.2, 0) is 10.0 Å². The molecule has 3 rings (SSSR count). The summed E-state index contributed by atoms with van der Waals surface area (Å²) in [6.45, 7) is 1.94. The fourth-order valence-electron chi connectivity index (χ4n) is 2.40. The van der Waals surface area contributed by atoms with Crippen molar-refractivity contribution >= 4 is 26.6 Å². The van der Waals surface area contributed by atoms with Crippen LogP contribution >= 0.6 is 0 Å². The molecular weight excluding hydrogens is 312 g/mol. The molecule has 0 aliphatic heterocycles. The number of phenols is 1. The first-order valence-corrected chi connectivity index (χ1v) is 8.47. The van der Waals surface area contributed by atoms with Crippen molar-refractivity contribution in [2.45, 2.75) is 11.8 Å². The molecule has 23 heavy (non-hydrogen) atoms. The summed E-state index contributed by atoms with van der Waals surface area (Å²) < 4.78 is 27.1. The maximum Gasteiger partial charge on any atom is 0.264 e. The van der Waals surface area contributed by atoms with Gasteiger partial charge < -0.3 is 5.11 Å². The molecule has 0 aliphatic rings. The van der Waals surface area contributed by atoms with Crippen molar-refractivity contribution in [2.75, 3.05) is 11.4 Å². The number of sulfonamides is 1. The first kappa shape index (κ1) is 15.3. The van der Waals surface area contributed by atoms with E-state index in [1.165, 1.54) is 29.7 Å². The fraction of sp³-hybridized carbons (Fsp3) is 0.118. The van der Waals surface area contributed by atoms with Crippen LogP contribution in [0.15, 0.2) is 59.6 Å². The van der Waals surface area contributed by atoms with E-state index in [-0.39, 0.29) is 16.2 Å². The number of aromatic hydroxyl groups is 1. The lowest BCUT2D eigenvalue weighted by Gasteiger charge is -2.20. The van der Waals surface area contributed by atoms with E-state index < -0.39 is 10.0 Å². The minimum atomic E-state index is -3.77. The molecule has 3 aromatic rings. The van der Waals surface area contributed by atoms with Crippen molar-refractivity contribution in [3.63, 3.8) is 0 Å². The van der Waals surface area contributed by atoms with Crippen LogP contribution in [0.4, 0.5) is 5.69 Å². The Labute approximate surface area is 134 Å². The molecule has 118 valence electrons. The van der Waals surface area contributed by atoms with Crippen molar-refractivity contribution in [1.29, 1.82) is 0 Å². The van der Waals surface area contributed by atoms with Gasteiger partial charge in [-0.3, -0.25) is 9.29 Å². The molecule has 0 aliphatic carbocycles. The number of anilines is 1. The predicted molar refractivity (Wildman–Crippen MR) is 90.2 cm³/mol. The third-order valence-electron chi connectivity index (χ3n) is 3.74. The van der Waals surface area contributed by atoms with Crippen LogP contribution in [0.25, 0.3) is 10.9 Å². The van der Waals surface area contributed by atoms with Crippen LogP contribution in [0.3, 0.4) is 0 Å². The van der Waals surface area contributed by atoms with E-state index in [1.807, 2.05) is 19.1 Å². The van der Waals surface area contributed by atoms with Gasteiger partial charge in [0.2, 0.25) is 0 Å². The van der Waals surface area contributed by atoms with E-state index >= 15 is 0 Å². The van der Waals surface area contributed by atoms with Gasteiger partial charge in [-0.15, -0.1) is 0 Å². The smallest absolute Gasteiger partial charge is 0.264 e. The molecule has 0 radical (unpaired) electrons. The van der Waals surface area contributed by atoms with Gasteiger partial charge in [-0.2, -0.15) is 0 Å². The summed E-state index contributed by atoms with van der Waals surface area (Å²) >= 11 is 0. The zero-order chi connectivity index (χ0) is 16.6. The van der Waals surface area contributed by atoms with Gasteiger partial charge in [0, 0.05) is 18.6 Å². The van der Waals surface area contributed by atoms with Gasteiger partial charge in [0.25, 0.3) is 10.0 Å². The lowest BCUT2D eigenvalue weighted by Crippen LogP contribution is -2.26. The Bertz CT molecular complexity index is 967. The fourth-order valence-corrected chi connectivity index (χ4v) is 3.77. The Morgan fingerprint density at radius 2 is 1.74 bits per heavy atom. The highest BCUT2D eigenvalue weighted by atomic mass is 32.2. The second-order valence-electron chi connectivity index (χ2n) is 5.29. The first-order chi connectivity index (χ1) is 10.9. The third kappa shape index (κ3) is 2.61. The summed E-state index contributed by atoms with van der Waals surface area (Å²) in [7, 11) is -2.26. The van der Waals surface area contributed by atoms with Gasteiger partial charge in [-0.05, 0) is 43.3 Å². The van der Waals surface area contributed by atoms with E-state index in [0.29, 0.717) is 11.1 Å². The molecule has 1 aromatic heterocycles. The average Bonchev–Trinajstić information content (AvgIpc) is 2.55. The van der Waals surface area contributed by atoms with Crippen LogP contribution in [0, 0.1) is 6.92 Å². The van der Waals surface area contributed by atoms with Gasteiger partial charge >= 0.3 is 0 Å². The Morgan fingerprint density at radius 3 is 2.43 bits per heavy atom. The molecular formula is C17H16N2O3S. The largest absolute Gasteiger partial charge is 0.506 e. The van der Waals surface area contributed by atoms with E-state index in [4.69, 9.17) is 0 Å². The van der Waals surface area contributed by atoms with Gasteiger partial charge in [0.15, 0.2) is 0 Å². The summed E-state index contributed by atoms with van der Waals surface area (Å²) in [6, 6.07) is 13.3. The molecule has 0 unspecified atom stereocenters. The number of aryl methyl sites for hydroxylation is 1. The SMILES string of the molecule is Cc1ccc(N(C)S(=O)(=O)c2ccc(O)c3ncccc23)cc1. The number of rotatable bonds is 3. The maximum atomic E-state index is 13.0. The van der Waals surface area contributed by atoms with Crippen molar-refractivity contribution in [3.8, 4) is 5.75 Å². The highest BCUT2D eigenvalue weighted by Crippen LogP contribution is 2.31. The second-order valence-corrected chi connectivity index (χ2v) is 7.23. The molecule has 0 fully saturated rings. The van der Waals surface area contributed by atoms with Gasteiger partial charge in [0.1, 0.15) is 11.3 Å². The molecule has 0 saturated carbocycles. The monoisotopic (exact) mass is 328 g/mol. The quantitative estimate of drug-likeness (QED) is 0.802. The minimum Gasteiger partial charge on any atom is -0.506 e. The summed E-state index contributed by atoms with van der Waals surface area (Å²) in [5.41, 5.74) is 1.89. The number of aromatic nitrogens is 1. The van der Waals surface area contributed by atoms with Crippen molar-refractivity contribution < 1.29 is 13.5 Å². The summed E-state index contributed by atoms with van der Waals surface area (Å²) in [5.74, 6) is -0.0439. The van der Waals surface area contributed by atoms with Gasteiger partial charge in [0.05, 0.1) is 10.6 Å².